The van der Waals surface area contributed by atoms with Crippen LogP contribution in [0.25, 0.3) is 10.8 Å². The third-order valence-corrected chi connectivity index (χ3v) is 6.96. The summed E-state index contributed by atoms with van der Waals surface area (Å²) < 4.78 is 5.99. The van der Waals surface area contributed by atoms with Crippen LogP contribution in [0.4, 0.5) is 0 Å². The predicted octanol–water partition coefficient (Wildman–Crippen LogP) is 6.66. The number of aryl methyl sites for hydroxylation is 2. The number of hydrogen-bond donors (Lipinski definition) is 1. The number of likely N-dealkylation sites (N-methyl/N-ethyl adjacent to an activating group) is 1. The monoisotopic (exact) mass is 467 g/mol. The summed E-state index contributed by atoms with van der Waals surface area (Å²) in [5, 5.41) is 14.6. The van der Waals surface area contributed by atoms with Gasteiger partial charge in [-0.1, -0.05) is 91.7 Å². The molecule has 3 heteroatoms. The summed E-state index contributed by atoms with van der Waals surface area (Å²) in [7, 11) is 0. The van der Waals surface area contributed by atoms with Gasteiger partial charge in [-0.3, -0.25) is 0 Å². The van der Waals surface area contributed by atoms with Crippen molar-refractivity contribution in [3.05, 3.63) is 113 Å². The molecule has 0 bridgehead atoms. The van der Waals surface area contributed by atoms with E-state index in [0.717, 1.165) is 47.5 Å². The molecule has 0 saturated heterocycles. The minimum atomic E-state index is -1.16. The highest BCUT2D eigenvalue weighted by Crippen LogP contribution is 2.36. The lowest BCUT2D eigenvalue weighted by Crippen LogP contribution is -2.30. The van der Waals surface area contributed by atoms with Crippen LogP contribution in [0.15, 0.2) is 84.9 Å². The van der Waals surface area contributed by atoms with Gasteiger partial charge in [-0.05, 0) is 72.6 Å². The third kappa shape index (κ3) is 5.93. The summed E-state index contributed by atoms with van der Waals surface area (Å²) in [6, 6.07) is 29.1. The van der Waals surface area contributed by atoms with Crippen LogP contribution in [-0.2, 0) is 12.0 Å². The van der Waals surface area contributed by atoms with Crippen molar-refractivity contribution in [2.24, 2.45) is 0 Å². The maximum atomic E-state index is 12.2. The highest BCUT2D eigenvalue weighted by atomic mass is 16.5. The second-order valence-electron chi connectivity index (χ2n) is 9.49. The summed E-state index contributed by atoms with van der Waals surface area (Å²) in [4.78, 5) is 2.34. The summed E-state index contributed by atoms with van der Waals surface area (Å²) in [6.07, 6.45) is 0.493. The maximum Gasteiger partial charge on any atom is 0.119 e. The van der Waals surface area contributed by atoms with E-state index in [1.165, 1.54) is 16.5 Å². The van der Waals surface area contributed by atoms with E-state index >= 15 is 0 Å². The van der Waals surface area contributed by atoms with Crippen LogP contribution in [0.5, 0.6) is 5.75 Å². The summed E-state index contributed by atoms with van der Waals surface area (Å²) in [5.74, 6) is 0.826. The lowest BCUT2D eigenvalue weighted by molar-refractivity contribution is 0.0812. The van der Waals surface area contributed by atoms with E-state index in [4.69, 9.17) is 4.74 Å². The number of rotatable bonds is 10. The fraction of sp³-hybridized carbons (Fsp3) is 0.312. The fourth-order valence-electron chi connectivity index (χ4n) is 4.65. The predicted molar refractivity (Wildman–Crippen MR) is 146 cm³/mol. The minimum Gasteiger partial charge on any atom is -0.492 e. The molecule has 0 aromatic heterocycles. The zero-order valence-corrected chi connectivity index (χ0v) is 21.4. The first-order valence-corrected chi connectivity index (χ1v) is 12.7. The van der Waals surface area contributed by atoms with E-state index in [-0.39, 0.29) is 0 Å². The van der Waals surface area contributed by atoms with Crippen LogP contribution < -0.4 is 4.74 Å². The molecule has 182 valence electrons. The topological polar surface area (TPSA) is 32.7 Å². The van der Waals surface area contributed by atoms with Gasteiger partial charge in [0.2, 0.25) is 0 Å². The van der Waals surface area contributed by atoms with Crippen LogP contribution in [0.1, 0.15) is 41.7 Å². The Labute approximate surface area is 210 Å². The molecular formula is C32H37NO2. The summed E-state index contributed by atoms with van der Waals surface area (Å²) >= 11 is 0. The van der Waals surface area contributed by atoms with Gasteiger partial charge in [0, 0.05) is 13.0 Å². The number of hydrogen-bond acceptors (Lipinski definition) is 3. The molecule has 0 fully saturated rings. The molecule has 0 aliphatic rings. The third-order valence-electron chi connectivity index (χ3n) is 6.96. The van der Waals surface area contributed by atoms with Gasteiger partial charge in [0.1, 0.15) is 18.0 Å². The van der Waals surface area contributed by atoms with E-state index in [9.17, 15) is 5.11 Å². The van der Waals surface area contributed by atoms with Gasteiger partial charge >= 0.3 is 0 Å². The lowest BCUT2D eigenvalue weighted by Gasteiger charge is -2.30. The van der Waals surface area contributed by atoms with E-state index in [2.05, 4.69) is 93.3 Å². The van der Waals surface area contributed by atoms with Crippen LogP contribution in [0.2, 0.25) is 0 Å². The van der Waals surface area contributed by atoms with Crippen molar-refractivity contribution in [2.45, 2.75) is 39.7 Å². The van der Waals surface area contributed by atoms with Gasteiger partial charge in [0.05, 0.1) is 0 Å². The van der Waals surface area contributed by atoms with Crippen molar-refractivity contribution in [2.75, 3.05) is 26.2 Å². The van der Waals surface area contributed by atoms with Gasteiger partial charge in [-0.15, -0.1) is 0 Å². The van der Waals surface area contributed by atoms with Crippen molar-refractivity contribution < 1.29 is 9.84 Å². The van der Waals surface area contributed by atoms with Gasteiger partial charge in [-0.2, -0.15) is 0 Å². The second kappa shape index (κ2) is 11.1. The SMILES string of the molecule is CCN(CC)CCOc1ccc(C(O)(Cc2ccc(C)cc2)c2ccc3cc(C)ccc3c2)cc1. The van der Waals surface area contributed by atoms with E-state index in [1.54, 1.807) is 0 Å². The normalized spacial score (nSPS) is 13.2. The number of aliphatic hydroxyl groups is 1. The Bertz CT molecular complexity index is 1240. The second-order valence-corrected chi connectivity index (χ2v) is 9.49. The van der Waals surface area contributed by atoms with Gasteiger partial charge in [-0.25, -0.2) is 0 Å². The average Bonchev–Trinajstić information content (AvgIpc) is 2.88. The van der Waals surface area contributed by atoms with Crippen molar-refractivity contribution in [3.8, 4) is 5.75 Å². The van der Waals surface area contributed by atoms with Crippen molar-refractivity contribution >= 4 is 10.8 Å². The Morgan fingerprint density at radius 1 is 0.714 bits per heavy atom. The molecule has 0 spiro atoms. The van der Waals surface area contributed by atoms with E-state index in [1.807, 2.05) is 24.3 Å². The minimum absolute atomic E-state index is 0.493. The number of ether oxygens (including phenoxy) is 1. The van der Waals surface area contributed by atoms with Gasteiger partial charge in [0.25, 0.3) is 0 Å². The van der Waals surface area contributed by atoms with E-state index < -0.39 is 5.60 Å². The molecule has 1 atom stereocenters. The van der Waals surface area contributed by atoms with Gasteiger partial charge < -0.3 is 14.7 Å². The molecule has 0 radical (unpaired) electrons. The largest absolute Gasteiger partial charge is 0.492 e. The highest BCUT2D eigenvalue weighted by Gasteiger charge is 2.32. The number of benzene rings is 4. The molecule has 35 heavy (non-hydrogen) atoms. The molecule has 3 nitrogen and oxygen atoms in total. The van der Waals surface area contributed by atoms with Crippen LogP contribution >= 0.6 is 0 Å². The molecule has 0 amide bonds. The zero-order chi connectivity index (χ0) is 24.8. The first kappa shape index (κ1) is 25.0. The molecule has 0 aliphatic carbocycles. The summed E-state index contributed by atoms with van der Waals surface area (Å²) in [6.45, 7) is 12.1. The Morgan fingerprint density at radius 2 is 1.31 bits per heavy atom. The Morgan fingerprint density at radius 3 is 2.00 bits per heavy atom. The number of fused-ring (bicyclic) bond motifs is 1. The van der Waals surface area contributed by atoms with Crippen molar-refractivity contribution in [3.63, 3.8) is 0 Å². The highest BCUT2D eigenvalue weighted by molar-refractivity contribution is 5.84. The smallest absolute Gasteiger partial charge is 0.119 e. The molecule has 4 rings (SSSR count). The van der Waals surface area contributed by atoms with Crippen molar-refractivity contribution in [1.29, 1.82) is 0 Å². The lowest BCUT2D eigenvalue weighted by atomic mass is 9.80. The van der Waals surface area contributed by atoms with Crippen LogP contribution in [0.3, 0.4) is 0 Å². The molecule has 4 aromatic carbocycles. The molecular weight excluding hydrogens is 430 g/mol. The Kier molecular flexibility index (Phi) is 7.90. The molecule has 1 N–H and O–H groups in total. The Hall–Kier alpha value is -3.14. The molecule has 0 saturated carbocycles. The fourth-order valence-corrected chi connectivity index (χ4v) is 4.65. The standard InChI is InChI=1S/C32H37NO2/c1-5-33(6-2)19-20-35-31-17-15-29(16-18-31)32(34,23-26-10-7-24(3)8-11-26)30-14-13-27-21-25(4)9-12-28(27)22-30/h7-18,21-22,34H,5-6,19-20,23H2,1-4H3. The van der Waals surface area contributed by atoms with E-state index in [0.29, 0.717) is 13.0 Å². The average molecular weight is 468 g/mol. The maximum absolute atomic E-state index is 12.2. The van der Waals surface area contributed by atoms with Crippen LogP contribution in [-0.4, -0.2) is 36.2 Å². The first-order valence-electron chi connectivity index (χ1n) is 12.7. The van der Waals surface area contributed by atoms with Crippen LogP contribution in [0, 0.1) is 13.8 Å². The summed E-state index contributed by atoms with van der Waals surface area (Å²) in [5.41, 5.74) is 4.14. The van der Waals surface area contributed by atoms with Gasteiger partial charge in [0.15, 0.2) is 0 Å². The zero-order valence-electron chi connectivity index (χ0n) is 21.4. The Balaban J connectivity index is 1.65. The molecule has 0 aliphatic heterocycles. The van der Waals surface area contributed by atoms with Crippen molar-refractivity contribution in [1.82, 2.24) is 4.90 Å². The number of nitrogens with zero attached hydrogens (tertiary/aromatic N) is 1. The molecule has 1 unspecified atom stereocenters. The quantitative estimate of drug-likeness (QED) is 0.283. The molecule has 4 aromatic rings. The first-order chi connectivity index (χ1) is 16.9. The molecule has 0 heterocycles.